The van der Waals surface area contributed by atoms with E-state index in [1.807, 2.05) is 0 Å². The molecule has 0 amide bonds. The minimum atomic E-state index is -0.437. The largest absolute Gasteiger partial charge is 0.318 e. The van der Waals surface area contributed by atoms with Crippen molar-refractivity contribution in [1.82, 2.24) is 9.55 Å². The molecule has 1 saturated carbocycles. The molecule has 4 rings (SSSR count). The summed E-state index contributed by atoms with van der Waals surface area (Å²) in [7, 11) is 0. The van der Waals surface area contributed by atoms with E-state index in [0.29, 0.717) is 16.7 Å². The molecule has 0 unspecified atom stereocenters. The standard InChI is InChI=1S/C22H24N2O4/c1-12-10-15(25)23-19-17(12)21(27)18-13(2)11-16(26)24(20(18)22(19)28)14-8-6-4-3-5-7-9-14/h10-11,14H,3-9H2,1-2H3,(H,23,25). The van der Waals surface area contributed by atoms with Crippen molar-refractivity contribution in [3.8, 4) is 0 Å². The van der Waals surface area contributed by atoms with Gasteiger partial charge in [0.2, 0.25) is 11.3 Å². The summed E-state index contributed by atoms with van der Waals surface area (Å²) in [6.07, 6.45) is 7.03. The topological polar surface area (TPSA) is 89.0 Å². The maximum absolute atomic E-state index is 13.4. The molecule has 0 saturated heterocycles. The van der Waals surface area contributed by atoms with Crippen molar-refractivity contribution in [3.05, 3.63) is 66.5 Å². The van der Waals surface area contributed by atoms with E-state index in [2.05, 4.69) is 4.98 Å². The number of aryl methyl sites for hydroxylation is 2. The number of carbonyl (C=O) groups is 2. The van der Waals surface area contributed by atoms with Gasteiger partial charge >= 0.3 is 0 Å². The zero-order chi connectivity index (χ0) is 20.0. The number of aromatic nitrogens is 2. The van der Waals surface area contributed by atoms with Crippen LogP contribution in [0.2, 0.25) is 0 Å². The van der Waals surface area contributed by atoms with E-state index in [0.717, 1.165) is 38.5 Å². The molecule has 28 heavy (non-hydrogen) atoms. The van der Waals surface area contributed by atoms with Gasteiger partial charge in [-0.2, -0.15) is 0 Å². The summed E-state index contributed by atoms with van der Waals surface area (Å²) in [4.78, 5) is 54.1. The lowest BCUT2D eigenvalue weighted by atomic mass is 9.84. The Balaban J connectivity index is 1.98. The van der Waals surface area contributed by atoms with Gasteiger partial charge in [0.15, 0.2) is 5.78 Å². The molecule has 6 nitrogen and oxygen atoms in total. The number of H-pyrrole nitrogens is 1. The number of pyridine rings is 2. The predicted octanol–water partition coefficient (Wildman–Crippen LogP) is 3.21. The lowest BCUT2D eigenvalue weighted by Gasteiger charge is -2.29. The van der Waals surface area contributed by atoms with Gasteiger partial charge in [0.1, 0.15) is 11.4 Å². The van der Waals surface area contributed by atoms with Gasteiger partial charge in [0.25, 0.3) is 5.56 Å². The number of hydrogen-bond acceptors (Lipinski definition) is 4. The molecule has 2 heterocycles. The maximum atomic E-state index is 13.4. The van der Waals surface area contributed by atoms with Crippen LogP contribution in [-0.4, -0.2) is 21.1 Å². The van der Waals surface area contributed by atoms with Crippen molar-refractivity contribution in [2.24, 2.45) is 0 Å². The normalized spacial score (nSPS) is 17.6. The van der Waals surface area contributed by atoms with Crippen molar-refractivity contribution in [3.63, 3.8) is 0 Å². The quantitative estimate of drug-likeness (QED) is 0.702. The van der Waals surface area contributed by atoms with E-state index in [9.17, 15) is 19.2 Å². The fraction of sp³-hybridized carbons (Fsp3) is 0.455. The van der Waals surface area contributed by atoms with Crippen LogP contribution in [0, 0.1) is 13.8 Å². The van der Waals surface area contributed by atoms with E-state index >= 15 is 0 Å². The lowest BCUT2D eigenvalue weighted by Crippen LogP contribution is -2.37. The Morgan fingerprint density at radius 2 is 1.43 bits per heavy atom. The van der Waals surface area contributed by atoms with E-state index in [1.165, 1.54) is 23.1 Å². The molecule has 146 valence electrons. The molecule has 0 aromatic carbocycles. The molecule has 0 spiro atoms. The predicted molar refractivity (Wildman–Crippen MR) is 105 cm³/mol. The van der Waals surface area contributed by atoms with Crippen LogP contribution in [0.1, 0.15) is 94.2 Å². The lowest BCUT2D eigenvalue weighted by molar-refractivity contribution is 0.0962. The van der Waals surface area contributed by atoms with Crippen molar-refractivity contribution >= 4 is 11.6 Å². The second-order valence-electron chi connectivity index (χ2n) is 7.98. The highest BCUT2D eigenvalue weighted by Gasteiger charge is 2.37. The molecule has 2 aromatic rings. The number of rotatable bonds is 1. The number of fused-ring (bicyclic) bond motifs is 2. The molecule has 1 N–H and O–H groups in total. The zero-order valence-corrected chi connectivity index (χ0v) is 16.3. The first kappa shape index (κ1) is 18.6. The molecule has 2 aromatic heterocycles. The van der Waals surface area contributed by atoms with E-state index in [4.69, 9.17) is 0 Å². The smallest absolute Gasteiger partial charge is 0.251 e. The number of aromatic amines is 1. The SMILES string of the molecule is Cc1cc(=O)[nH]c2c1C(=O)c1c(C)cc(=O)n(C3CCCCCCC3)c1C2=O. The molecule has 6 heteroatoms. The molecule has 0 aliphatic heterocycles. The number of nitrogens with one attached hydrogen (secondary N) is 1. The van der Waals surface area contributed by atoms with Gasteiger partial charge in [-0.15, -0.1) is 0 Å². The summed E-state index contributed by atoms with van der Waals surface area (Å²) in [5, 5.41) is 0. The van der Waals surface area contributed by atoms with Crippen molar-refractivity contribution < 1.29 is 9.59 Å². The number of hydrogen-bond donors (Lipinski definition) is 1. The van der Waals surface area contributed by atoms with Gasteiger partial charge in [0.05, 0.1) is 11.1 Å². The second kappa shape index (κ2) is 7.00. The van der Waals surface area contributed by atoms with Crippen LogP contribution in [-0.2, 0) is 0 Å². The Bertz CT molecular complexity index is 1100. The molecule has 0 atom stereocenters. The maximum Gasteiger partial charge on any atom is 0.251 e. The first-order valence-electron chi connectivity index (χ1n) is 9.99. The third-order valence-corrected chi connectivity index (χ3v) is 6.03. The summed E-state index contributed by atoms with van der Waals surface area (Å²) < 4.78 is 1.54. The van der Waals surface area contributed by atoms with E-state index in [1.54, 1.807) is 13.8 Å². The third-order valence-electron chi connectivity index (χ3n) is 6.03. The van der Waals surface area contributed by atoms with Gasteiger partial charge in [-0.3, -0.25) is 19.2 Å². The van der Waals surface area contributed by atoms with Crippen LogP contribution in [0.15, 0.2) is 21.7 Å². The molecule has 2 aliphatic carbocycles. The average Bonchev–Trinajstić information content (AvgIpc) is 2.59. The van der Waals surface area contributed by atoms with Crippen molar-refractivity contribution in [2.75, 3.05) is 0 Å². The minimum absolute atomic E-state index is 0.00657. The minimum Gasteiger partial charge on any atom is -0.318 e. The van der Waals surface area contributed by atoms with Crippen LogP contribution in [0.25, 0.3) is 0 Å². The first-order chi connectivity index (χ1) is 13.4. The first-order valence-corrected chi connectivity index (χ1v) is 9.99. The fourth-order valence-electron chi connectivity index (χ4n) is 4.70. The highest BCUT2D eigenvalue weighted by molar-refractivity contribution is 6.28. The van der Waals surface area contributed by atoms with Gasteiger partial charge in [-0.05, 0) is 37.8 Å². The molecule has 0 bridgehead atoms. The van der Waals surface area contributed by atoms with Gasteiger partial charge in [-0.25, -0.2) is 0 Å². The van der Waals surface area contributed by atoms with Gasteiger partial charge in [0, 0.05) is 18.2 Å². The Hall–Kier alpha value is -2.76. The number of nitrogens with zero attached hydrogens (tertiary/aromatic N) is 1. The van der Waals surface area contributed by atoms with Crippen LogP contribution >= 0.6 is 0 Å². The van der Waals surface area contributed by atoms with Gasteiger partial charge < -0.3 is 9.55 Å². The summed E-state index contributed by atoms with van der Waals surface area (Å²) in [6, 6.07) is 2.70. The van der Waals surface area contributed by atoms with Crippen LogP contribution in [0.5, 0.6) is 0 Å². The summed E-state index contributed by atoms with van der Waals surface area (Å²) in [5.74, 6) is -0.733. The van der Waals surface area contributed by atoms with E-state index in [-0.39, 0.29) is 34.3 Å². The second-order valence-corrected chi connectivity index (χ2v) is 7.98. The van der Waals surface area contributed by atoms with Gasteiger partial charge in [-0.1, -0.05) is 32.1 Å². The molecule has 2 aliphatic rings. The third kappa shape index (κ3) is 2.87. The molecule has 1 fully saturated rings. The number of ketones is 2. The van der Waals surface area contributed by atoms with Crippen molar-refractivity contribution in [1.29, 1.82) is 0 Å². The van der Waals surface area contributed by atoms with E-state index < -0.39 is 11.3 Å². The summed E-state index contributed by atoms with van der Waals surface area (Å²) in [5.41, 5.74) is 1.01. The average molecular weight is 380 g/mol. The summed E-state index contributed by atoms with van der Waals surface area (Å²) >= 11 is 0. The number of carbonyl (C=O) groups excluding carboxylic acids is 2. The van der Waals surface area contributed by atoms with Crippen molar-refractivity contribution in [2.45, 2.75) is 64.8 Å². The molecular weight excluding hydrogens is 356 g/mol. The zero-order valence-electron chi connectivity index (χ0n) is 16.3. The molecule has 0 radical (unpaired) electrons. The molecular formula is C22H24N2O4. The Morgan fingerprint density at radius 1 is 0.821 bits per heavy atom. The van der Waals surface area contributed by atoms with Crippen LogP contribution < -0.4 is 11.1 Å². The summed E-state index contributed by atoms with van der Waals surface area (Å²) in [6.45, 7) is 3.35. The van der Waals surface area contributed by atoms with Crippen LogP contribution in [0.4, 0.5) is 0 Å². The Labute approximate surface area is 162 Å². The highest BCUT2D eigenvalue weighted by Crippen LogP contribution is 2.33. The van der Waals surface area contributed by atoms with Crippen LogP contribution in [0.3, 0.4) is 0 Å². The fourth-order valence-corrected chi connectivity index (χ4v) is 4.70. The Kier molecular flexibility index (Phi) is 4.65. The highest BCUT2D eigenvalue weighted by atomic mass is 16.2. The monoisotopic (exact) mass is 380 g/mol. The Morgan fingerprint density at radius 3 is 2.11 bits per heavy atom.